The van der Waals surface area contributed by atoms with E-state index < -0.39 is 0 Å². The second-order valence-electron chi connectivity index (χ2n) is 5.96. The molecule has 27 heavy (non-hydrogen) atoms. The minimum atomic E-state index is -0.105. The van der Waals surface area contributed by atoms with E-state index in [0.29, 0.717) is 11.6 Å². The van der Waals surface area contributed by atoms with Gasteiger partial charge in [0.05, 0.1) is 13.5 Å². The summed E-state index contributed by atoms with van der Waals surface area (Å²) in [5.74, 6) is 0.428. The van der Waals surface area contributed by atoms with Crippen LogP contribution in [0.15, 0.2) is 61.3 Å². The fourth-order valence-corrected chi connectivity index (χ4v) is 2.94. The highest BCUT2D eigenvalue weighted by Gasteiger charge is 2.13. The molecule has 0 aromatic carbocycles. The predicted molar refractivity (Wildman–Crippen MR) is 102 cm³/mol. The van der Waals surface area contributed by atoms with Gasteiger partial charge in [0.1, 0.15) is 5.65 Å². The average Bonchev–Trinajstić information content (AvgIpc) is 3.10. The van der Waals surface area contributed by atoms with Gasteiger partial charge in [0.25, 0.3) is 0 Å². The first-order chi connectivity index (χ1) is 13.2. The largest absolute Gasteiger partial charge is 0.481 e. The summed E-state index contributed by atoms with van der Waals surface area (Å²) in [5.41, 5.74) is 4.04. The van der Waals surface area contributed by atoms with Crippen molar-refractivity contribution in [3.63, 3.8) is 0 Å². The number of amides is 1. The number of carbonyl (C=O) groups is 1. The van der Waals surface area contributed by atoms with Crippen molar-refractivity contribution in [3.05, 3.63) is 66.9 Å². The summed E-state index contributed by atoms with van der Waals surface area (Å²) in [7, 11) is 1.59. The molecule has 0 unspecified atom stereocenters. The molecule has 7 heteroatoms. The predicted octanol–water partition coefficient (Wildman–Crippen LogP) is 3.21. The van der Waals surface area contributed by atoms with Crippen LogP contribution in [0.1, 0.15) is 5.56 Å². The summed E-state index contributed by atoms with van der Waals surface area (Å²) in [6.07, 6.45) is 8.77. The number of ether oxygens (including phenoxy) is 1. The molecule has 4 rings (SSSR count). The average molecular weight is 359 g/mol. The number of H-pyrrole nitrogens is 1. The topological polar surface area (TPSA) is 92.8 Å². The molecule has 0 aliphatic heterocycles. The first-order valence-corrected chi connectivity index (χ1v) is 8.40. The number of aromatic amines is 1. The Morgan fingerprint density at radius 2 is 2.04 bits per heavy atom. The van der Waals surface area contributed by atoms with Crippen LogP contribution in [0.4, 0.5) is 5.69 Å². The molecule has 1 amide bonds. The highest BCUT2D eigenvalue weighted by molar-refractivity contribution is 5.96. The van der Waals surface area contributed by atoms with E-state index in [1.165, 1.54) is 0 Å². The summed E-state index contributed by atoms with van der Waals surface area (Å²) < 4.78 is 5.34. The Balaban J connectivity index is 1.63. The van der Waals surface area contributed by atoms with Crippen molar-refractivity contribution in [2.45, 2.75) is 6.42 Å². The summed E-state index contributed by atoms with van der Waals surface area (Å²) in [6, 6.07) is 9.27. The van der Waals surface area contributed by atoms with E-state index in [2.05, 4.69) is 25.3 Å². The summed E-state index contributed by atoms with van der Waals surface area (Å²) in [6.45, 7) is 0. The van der Waals surface area contributed by atoms with E-state index in [0.717, 1.165) is 27.7 Å². The van der Waals surface area contributed by atoms with Crippen LogP contribution in [0.5, 0.6) is 5.88 Å². The lowest BCUT2D eigenvalue weighted by molar-refractivity contribution is -0.115. The zero-order chi connectivity index (χ0) is 18.6. The van der Waals surface area contributed by atoms with E-state index in [1.807, 2.05) is 24.4 Å². The zero-order valence-corrected chi connectivity index (χ0v) is 14.6. The summed E-state index contributed by atoms with van der Waals surface area (Å²) in [4.78, 5) is 28.1. The van der Waals surface area contributed by atoms with Gasteiger partial charge in [-0.2, -0.15) is 0 Å². The van der Waals surface area contributed by atoms with Crippen molar-refractivity contribution in [2.24, 2.45) is 0 Å². The maximum Gasteiger partial charge on any atom is 0.228 e. The van der Waals surface area contributed by atoms with Crippen molar-refractivity contribution < 1.29 is 9.53 Å². The Morgan fingerprint density at radius 1 is 1.19 bits per heavy atom. The van der Waals surface area contributed by atoms with E-state index >= 15 is 0 Å². The fraction of sp³-hybridized carbons (Fsp3) is 0.100. The normalized spacial score (nSPS) is 10.7. The molecule has 0 saturated carbocycles. The monoisotopic (exact) mass is 359 g/mol. The third kappa shape index (κ3) is 3.48. The number of rotatable bonds is 5. The number of methoxy groups -OCH3 is 1. The number of fused-ring (bicyclic) bond motifs is 1. The highest BCUT2D eigenvalue weighted by atomic mass is 16.5. The van der Waals surface area contributed by atoms with Crippen LogP contribution in [0.2, 0.25) is 0 Å². The van der Waals surface area contributed by atoms with Crippen molar-refractivity contribution in [3.8, 4) is 17.0 Å². The van der Waals surface area contributed by atoms with Gasteiger partial charge in [0.2, 0.25) is 11.8 Å². The highest BCUT2D eigenvalue weighted by Crippen LogP contribution is 2.30. The quantitative estimate of drug-likeness (QED) is 0.571. The van der Waals surface area contributed by atoms with Crippen molar-refractivity contribution >= 4 is 22.6 Å². The van der Waals surface area contributed by atoms with E-state index in [9.17, 15) is 4.79 Å². The van der Waals surface area contributed by atoms with Crippen LogP contribution in [0.25, 0.3) is 22.2 Å². The Hall–Kier alpha value is -3.74. The molecule has 0 fully saturated rings. The maximum atomic E-state index is 12.4. The molecule has 4 heterocycles. The van der Waals surface area contributed by atoms with Crippen LogP contribution in [0.3, 0.4) is 0 Å². The van der Waals surface area contributed by atoms with Gasteiger partial charge in [-0.25, -0.2) is 9.97 Å². The van der Waals surface area contributed by atoms with Crippen LogP contribution < -0.4 is 10.1 Å². The molecule has 0 aliphatic carbocycles. The fourth-order valence-electron chi connectivity index (χ4n) is 2.94. The number of anilines is 1. The standard InChI is InChI=1S/C20H17N5O2/c1-27-20-16(3-2-6-22-20)13-9-17-14(12-24-19(17)23-11-13)10-18(26)25-15-4-7-21-8-5-15/h2-9,11-12H,10H2,1H3,(H,23,24)(H,21,25,26). The van der Waals surface area contributed by atoms with Gasteiger partial charge in [-0.1, -0.05) is 0 Å². The number of hydrogen-bond donors (Lipinski definition) is 2. The molecule has 2 N–H and O–H groups in total. The van der Waals surface area contributed by atoms with E-state index in [-0.39, 0.29) is 12.3 Å². The first-order valence-electron chi connectivity index (χ1n) is 8.40. The van der Waals surface area contributed by atoms with Crippen LogP contribution in [-0.4, -0.2) is 33.0 Å². The second-order valence-corrected chi connectivity index (χ2v) is 5.96. The van der Waals surface area contributed by atoms with E-state index in [4.69, 9.17) is 4.74 Å². The number of aromatic nitrogens is 4. The van der Waals surface area contributed by atoms with Crippen LogP contribution >= 0.6 is 0 Å². The molecular formula is C20H17N5O2. The third-order valence-electron chi connectivity index (χ3n) is 4.21. The lowest BCUT2D eigenvalue weighted by Gasteiger charge is -2.07. The smallest absolute Gasteiger partial charge is 0.228 e. The van der Waals surface area contributed by atoms with Crippen LogP contribution in [-0.2, 0) is 11.2 Å². The molecule has 7 nitrogen and oxygen atoms in total. The minimum Gasteiger partial charge on any atom is -0.481 e. The van der Waals surface area contributed by atoms with Crippen molar-refractivity contribution in [1.29, 1.82) is 0 Å². The number of nitrogens with one attached hydrogen (secondary N) is 2. The zero-order valence-electron chi connectivity index (χ0n) is 14.6. The van der Waals surface area contributed by atoms with Gasteiger partial charge >= 0.3 is 0 Å². The second kappa shape index (κ2) is 7.25. The SMILES string of the molecule is COc1ncccc1-c1cnc2[nH]cc(CC(=O)Nc3ccncc3)c2c1. The Kier molecular flexibility index (Phi) is 4.49. The molecule has 4 aromatic rings. The molecule has 0 spiro atoms. The Labute approximate surface area is 155 Å². The van der Waals surface area contributed by atoms with Crippen molar-refractivity contribution in [2.75, 3.05) is 12.4 Å². The molecular weight excluding hydrogens is 342 g/mol. The number of hydrogen-bond acceptors (Lipinski definition) is 5. The first kappa shape index (κ1) is 16.7. The summed E-state index contributed by atoms with van der Waals surface area (Å²) >= 11 is 0. The molecule has 0 radical (unpaired) electrons. The van der Waals surface area contributed by atoms with Gasteiger partial charge in [-0.05, 0) is 35.9 Å². The number of pyridine rings is 3. The lowest BCUT2D eigenvalue weighted by atomic mass is 10.1. The molecule has 134 valence electrons. The third-order valence-corrected chi connectivity index (χ3v) is 4.21. The van der Waals surface area contributed by atoms with Gasteiger partial charge in [0, 0.05) is 53.2 Å². The molecule has 0 saturated heterocycles. The maximum absolute atomic E-state index is 12.4. The molecule has 4 aromatic heterocycles. The van der Waals surface area contributed by atoms with E-state index in [1.54, 1.807) is 44.0 Å². The molecule has 0 bridgehead atoms. The minimum absolute atomic E-state index is 0.105. The Bertz CT molecular complexity index is 1090. The summed E-state index contributed by atoms with van der Waals surface area (Å²) in [5, 5.41) is 3.76. The van der Waals surface area contributed by atoms with Crippen molar-refractivity contribution in [1.82, 2.24) is 19.9 Å². The van der Waals surface area contributed by atoms with Gasteiger partial charge < -0.3 is 15.0 Å². The number of carbonyl (C=O) groups excluding carboxylic acids is 1. The molecule has 0 atom stereocenters. The van der Waals surface area contributed by atoms with Gasteiger partial charge in [-0.3, -0.25) is 9.78 Å². The van der Waals surface area contributed by atoms with Crippen LogP contribution in [0, 0.1) is 0 Å². The number of nitrogens with zero attached hydrogens (tertiary/aromatic N) is 3. The van der Waals surface area contributed by atoms with Gasteiger partial charge in [0.15, 0.2) is 0 Å². The Morgan fingerprint density at radius 3 is 2.85 bits per heavy atom. The van der Waals surface area contributed by atoms with Gasteiger partial charge in [-0.15, -0.1) is 0 Å². The lowest BCUT2D eigenvalue weighted by Crippen LogP contribution is -2.14. The molecule has 0 aliphatic rings.